The number of hydrogen-bond acceptors (Lipinski definition) is 4. The Hall–Kier alpha value is -2.84. The van der Waals surface area contributed by atoms with Crippen LogP contribution >= 0.6 is 0 Å². The maximum Gasteiger partial charge on any atom is 0.573 e. The zero-order valence-electron chi connectivity index (χ0n) is 17.5. The third-order valence-electron chi connectivity index (χ3n) is 5.91. The molecule has 164 valence electrons. The summed E-state index contributed by atoms with van der Waals surface area (Å²) in [6, 6.07) is 14.9. The Bertz CT molecular complexity index is 1070. The summed E-state index contributed by atoms with van der Waals surface area (Å²) in [5.41, 5.74) is 0.852. The van der Waals surface area contributed by atoms with Crippen molar-refractivity contribution in [1.29, 1.82) is 0 Å². The van der Waals surface area contributed by atoms with E-state index in [-0.39, 0.29) is 5.75 Å². The molecule has 1 aliphatic rings. The molecule has 0 unspecified atom stereocenters. The Kier molecular flexibility index (Phi) is 5.10. The van der Waals surface area contributed by atoms with Crippen molar-refractivity contribution in [1.82, 2.24) is 14.7 Å². The minimum absolute atomic E-state index is 0.322. The van der Waals surface area contributed by atoms with Gasteiger partial charge in [-0.05, 0) is 42.4 Å². The van der Waals surface area contributed by atoms with Gasteiger partial charge in [0.2, 0.25) is 0 Å². The van der Waals surface area contributed by atoms with E-state index >= 15 is 0 Å². The number of rotatable bonds is 5. The molecule has 0 amide bonds. The van der Waals surface area contributed by atoms with Crippen LogP contribution in [-0.2, 0) is 12.6 Å². The summed E-state index contributed by atoms with van der Waals surface area (Å²) in [6.07, 6.45) is -2.92. The van der Waals surface area contributed by atoms with Crippen LogP contribution in [0.5, 0.6) is 5.75 Å². The van der Waals surface area contributed by atoms with Crippen molar-refractivity contribution < 1.29 is 23.0 Å². The van der Waals surface area contributed by atoms with E-state index < -0.39 is 17.4 Å². The van der Waals surface area contributed by atoms with Crippen molar-refractivity contribution in [3.05, 3.63) is 71.9 Å². The van der Waals surface area contributed by atoms with Gasteiger partial charge < -0.3 is 14.7 Å². The molecular formula is C23H24F3N3O2. The summed E-state index contributed by atoms with van der Waals surface area (Å²) in [5.74, 6) is -0.322. The van der Waals surface area contributed by atoms with Gasteiger partial charge in [-0.25, -0.2) is 0 Å². The van der Waals surface area contributed by atoms with E-state index in [9.17, 15) is 18.3 Å². The highest BCUT2D eigenvalue weighted by Crippen LogP contribution is 2.50. The fourth-order valence-electron chi connectivity index (χ4n) is 4.61. The predicted octanol–water partition coefficient (Wildman–Crippen LogP) is 4.17. The summed E-state index contributed by atoms with van der Waals surface area (Å²) >= 11 is 0. The molecule has 2 heterocycles. The molecule has 0 aliphatic carbocycles. The van der Waals surface area contributed by atoms with Crippen LogP contribution in [0.3, 0.4) is 0 Å². The maximum absolute atomic E-state index is 12.6. The van der Waals surface area contributed by atoms with Crippen LogP contribution in [0.15, 0.2) is 60.8 Å². The number of likely N-dealkylation sites (tertiary alicyclic amines) is 1. The van der Waals surface area contributed by atoms with Crippen LogP contribution in [0.1, 0.15) is 18.1 Å². The van der Waals surface area contributed by atoms with Crippen LogP contribution in [0, 0.1) is 5.41 Å². The molecular weight excluding hydrogens is 407 g/mol. The van der Waals surface area contributed by atoms with E-state index in [0.29, 0.717) is 24.2 Å². The van der Waals surface area contributed by atoms with E-state index in [1.54, 1.807) is 4.68 Å². The molecule has 3 aromatic rings. The summed E-state index contributed by atoms with van der Waals surface area (Å²) < 4.78 is 43.4. The van der Waals surface area contributed by atoms with Gasteiger partial charge in [0.1, 0.15) is 11.4 Å². The second-order valence-electron chi connectivity index (χ2n) is 8.47. The first-order valence-corrected chi connectivity index (χ1v) is 9.88. The first kappa shape index (κ1) is 21.4. The van der Waals surface area contributed by atoms with E-state index in [1.807, 2.05) is 57.5 Å². The summed E-state index contributed by atoms with van der Waals surface area (Å²) in [5, 5.41) is 16.6. The highest BCUT2D eigenvalue weighted by atomic mass is 19.4. The van der Waals surface area contributed by atoms with Gasteiger partial charge in [0.25, 0.3) is 0 Å². The molecule has 2 aromatic carbocycles. The average Bonchev–Trinajstić information content (AvgIpc) is 3.12. The van der Waals surface area contributed by atoms with E-state index in [4.69, 9.17) is 0 Å². The Morgan fingerprint density at radius 1 is 1.00 bits per heavy atom. The number of ether oxygens (including phenoxy) is 1. The lowest BCUT2D eigenvalue weighted by Gasteiger charge is -2.56. The minimum atomic E-state index is -4.77. The number of nitrogens with zero attached hydrogens (tertiary/aromatic N) is 3. The van der Waals surface area contributed by atoms with Crippen LogP contribution < -0.4 is 4.74 Å². The van der Waals surface area contributed by atoms with E-state index in [2.05, 4.69) is 14.7 Å². The van der Waals surface area contributed by atoms with Gasteiger partial charge in [0.05, 0.1) is 5.69 Å². The molecule has 1 N–H and O–H groups in total. The largest absolute Gasteiger partial charge is 0.573 e. The SMILES string of the molecule is CN1CC(C)([C@@](O)(c2ccc(OC(F)(F)F)cc2)c2cccc(-c3ccn(C)n3)c2)C1. The van der Waals surface area contributed by atoms with Crippen LogP contribution in [0.2, 0.25) is 0 Å². The number of aromatic nitrogens is 2. The fraction of sp³-hybridized carbons (Fsp3) is 0.348. The molecule has 31 heavy (non-hydrogen) atoms. The smallest absolute Gasteiger partial charge is 0.406 e. The molecule has 1 atom stereocenters. The normalized spacial score (nSPS) is 18.3. The Morgan fingerprint density at radius 2 is 1.68 bits per heavy atom. The van der Waals surface area contributed by atoms with Gasteiger partial charge in [-0.15, -0.1) is 13.2 Å². The summed E-state index contributed by atoms with van der Waals surface area (Å²) in [4.78, 5) is 2.09. The molecule has 0 radical (unpaired) electrons. The van der Waals surface area contributed by atoms with Crippen molar-refractivity contribution in [2.45, 2.75) is 18.9 Å². The summed E-state index contributed by atoms with van der Waals surface area (Å²) in [7, 11) is 3.80. The zero-order valence-corrected chi connectivity index (χ0v) is 17.5. The monoisotopic (exact) mass is 431 g/mol. The van der Waals surface area contributed by atoms with Crippen LogP contribution in [0.25, 0.3) is 11.3 Å². The molecule has 1 aromatic heterocycles. The highest BCUT2D eigenvalue weighted by molar-refractivity contribution is 5.61. The molecule has 4 rings (SSSR count). The molecule has 0 spiro atoms. The number of hydrogen-bond donors (Lipinski definition) is 1. The third kappa shape index (κ3) is 3.93. The summed E-state index contributed by atoms with van der Waals surface area (Å²) in [6.45, 7) is 3.26. The second-order valence-corrected chi connectivity index (χ2v) is 8.47. The quantitative estimate of drug-likeness (QED) is 0.659. The van der Waals surface area contributed by atoms with E-state index in [1.165, 1.54) is 24.3 Å². The van der Waals surface area contributed by atoms with E-state index in [0.717, 1.165) is 11.3 Å². The van der Waals surface area contributed by atoms with Gasteiger partial charge in [-0.2, -0.15) is 5.10 Å². The molecule has 1 aliphatic heterocycles. The number of benzene rings is 2. The predicted molar refractivity (Wildman–Crippen MR) is 110 cm³/mol. The average molecular weight is 431 g/mol. The Morgan fingerprint density at radius 3 is 2.23 bits per heavy atom. The van der Waals surface area contributed by atoms with Crippen molar-refractivity contribution in [3.8, 4) is 17.0 Å². The molecule has 5 nitrogen and oxygen atoms in total. The van der Waals surface area contributed by atoms with Crippen molar-refractivity contribution in [3.63, 3.8) is 0 Å². The Labute approximate surface area is 178 Å². The topological polar surface area (TPSA) is 50.5 Å². The van der Waals surface area contributed by atoms with Crippen LogP contribution in [0.4, 0.5) is 13.2 Å². The highest BCUT2D eigenvalue weighted by Gasteiger charge is 2.55. The molecule has 1 saturated heterocycles. The number of aliphatic hydroxyl groups is 1. The van der Waals surface area contributed by atoms with Gasteiger partial charge in [0.15, 0.2) is 0 Å². The maximum atomic E-state index is 12.6. The standard InChI is InChI=1S/C23H24F3N3O2/c1-21(14-28(2)15-21)22(30,17-7-9-19(10-8-17)31-23(24,25)26)18-6-4-5-16(13-18)20-11-12-29(3)27-20/h4-13,30H,14-15H2,1-3H3/t22-/m1/s1. The number of aryl methyl sites for hydroxylation is 1. The lowest BCUT2D eigenvalue weighted by Crippen LogP contribution is -2.63. The van der Waals surface area contributed by atoms with Gasteiger partial charge in [0, 0.05) is 37.3 Å². The van der Waals surface area contributed by atoms with Crippen molar-refractivity contribution in [2.24, 2.45) is 12.5 Å². The first-order chi connectivity index (χ1) is 14.5. The fourth-order valence-corrected chi connectivity index (χ4v) is 4.61. The lowest BCUT2D eigenvalue weighted by molar-refractivity contribution is -0.274. The minimum Gasteiger partial charge on any atom is -0.406 e. The second kappa shape index (κ2) is 7.39. The van der Waals surface area contributed by atoms with Gasteiger partial charge >= 0.3 is 6.36 Å². The third-order valence-corrected chi connectivity index (χ3v) is 5.91. The zero-order chi connectivity index (χ0) is 22.4. The number of halogens is 3. The van der Waals surface area contributed by atoms with Gasteiger partial charge in [-0.1, -0.05) is 37.3 Å². The van der Waals surface area contributed by atoms with Crippen LogP contribution in [-0.4, -0.2) is 46.3 Å². The molecule has 8 heteroatoms. The Balaban J connectivity index is 1.78. The molecule has 0 saturated carbocycles. The molecule has 1 fully saturated rings. The van der Waals surface area contributed by atoms with Crippen molar-refractivity contribution in [2.75, 3.05) is 20.1 Å². The first-order valence-electron chi connectivity index (χ1n) is 9.88. The van der Waals surface area contributed by atoms with Gasteiger partial charge in [-0.3, -0.25) is 4.68 Å². The lowest BCUT2D eigenvalue weighted by atomic mass is 9.62. The molecule has 0 bridgehead atoms. The number of alkyl halides is 3. The van der Waals surface area contributed by atoms with Crippen molar-refractivity contribution >= 4 is 0 Å².